The number of halogens is 3. The van der Waals surface area contributed by atoms with E-state index in [1.165, 1.54) is 22.7 Å². The van der Waals surface area contributed by atoms with E-state index >= 15 is 0 Å². The van der Waals surface area contributed by atoms with Crippen LogP contribution in [0.3, 0.4) is 0 Å². The number of nitrogens with zero attached hydrogens (tertiary/aromatic N) is 2. The maximum absolute atomic E-state index is 12.8. The first-order valence-electron chi connectivity index (χ1n) is 8.35. The first-order valence-corrected chi connectivity index (χ1v) is 10.2. The highest BCUT2D eigenvalue weighted by molar-refractivity contribution is 7.88. The predicted octanol–water partition coefficient (Wildman–Crippen LogP) is 2.85. The van der Waals surface area contributed by atoms with E-state index in [1.807, 2.05) is 0 Å². The van der Waals surface area contributed by atoms with Crippen molar-refractivity contribution in [3.63, 3.8) is 0 Å². The molecule has 8 heteroatoms. The molecule has 1 fully saturated rings. The average molecular weight is 378 g/mol. The van der Waals surface area contributed by atoms with E-state index in [0.29, 0.717) is 25.1 Å². The molecule has 25 heavy (non-hydrogen) atoms. The highest BCUT2D eigenvalue weighted by Crippen LogP contribution is 2.29. The second-order valence-electron chi connectivity index (χ2n) is 6.80. The van der Waals surface area contributed by atoms with E-state index in [1.54, 1.807) is 13.1 Å². The monoisotopic (exact) mass is 378 g/mol. The SMILES string of the molecule is CN(CC1CCCN(CCc2cccc(C(F)(F)F)c2)C1)S(C)(=O)=O. The maximum atomic E-state index is 12.8. The summed E-state index contributed by atoms with van der Waals surface area (Å²) in [4.78, 5) is 2.21. The molecule has 1 saturated heterocycles. The molecule has 0 aromatic heterocycles. The van der Waals surface area contributed by atoms with Crippen LogP contribution in [0.2, 0.25) is 0 Å². The summed E-state index contributed by atoms with van der Waals surface area (Å²) in [6.07, 6.45) is -0.618. The van der Waals surface area contributed by atoms with Gasteiger partial charge in [0.25, 0.3) is 0 Å². The van der Waals surface area contributed by atoms with Crippen molar-refractivity contribution in [2.75, 3.05) is 39.5 Å². The van der Waals surface area contributed by atoms with Crippen LogP contribution in [0.1, 0.15) is 24.0 Å². The van der Waals surface area contributed by atoms with Crippen molar-refractivity contribution in [1.82, 2.24) is 9.21 Å². The summed E-state index contributed by atoms with van der Waals surface area (Å²) >= 11 is 0. The minimum absolute atomic E-state index is 0.259. The van der Waals surface area contributed by atoms with E-state index in [9.17, 15) is 21.6 Å². The third kappa shape index (κ3) is 6.27. The standard InChI is InChI=1S/C17H25F3N2O2S/c1-21(25(2,23)24)12-15-6-4-9-22(13-15)10-8-14-5-3-7-16(11-14)17(18,19)20/h3,5,7,11,15H,4,6,8-10,12-13H2,1-2H3. The van der Waals surface area contributed by atoms with Gasteiger partial charge >= 0.3 is 6.18 Å². The van der Waals surface area contributed by atoms with Crippen LogP contribution in [0.4, 0.5) is 13.2 Å². The fraction of sp³-hybridized carbons (Fsp3) is 0.647. The summed E-state index contributed by atoms with van der Waals surface area (Å²) in [6, 6.07) is 5.45. The second kappa shape index (κ2) is 8.05. The lowest BCUT2D eigenvalue weighted by atomic mass is 9.97. The molecule has 0 aliphatic carbocycles. The molecule has 1 heterocycles. The highest BCUT2D eigenvalue weighted by Gasteiger charge is 2.30. The van der Waals surface area contributed by atoms with Gasteiger partial charge in [0.1, 0.15) is 0 Å². The molecule has 142 valence electrons. The Balaban J connectivity index is 1.89. The number of sulfonamides is 1. The van der Waals surface area contributed by atoms with Crippen LogP contribution in [-0.4, -0.2) is 57.1 Å². The molecule has 4 nitrogen and oxygen atoms in total. The lowest BCUT2D eigenvalue weighted by Crippen LogP contribution is -2.42. The van der Waals surface area contributed by atoms with Gasteiger partial charge in [-0.1, -0.05) is 18.2 Å². The number of likely N-dealkylation sites (tertiary alicyclic amines) is 1. The molecule has 1 aromatic carbocycles. The maximum Gasteiger partial charge on any atom is 0.416 e. The van der Waals surface area contributed by atoms with Gasteiger partial charge in [0.15, 0.2) is 0 Å². The Kier molecular flexibility index (Phi) is 6.51. The van der Waals surface area contributed by atoms with Crippen LogP contribution in [0, 0.1) is 5.92 Å². The lowest BCUT2D eigenvalue weighted by molar-refractivity contribution is -0.137. The van der Waals surface area contributed by atoms with Crippen molar-refractivity contribution in [3.8, 4) is 0 Å². The molecule has 1 unspecified atom stereocenters. The zero-order valence-electron chi connectivity index (χ0n) is 14.6. The number of alkyl halides is 3. The first kappa shape index (κ1) is 20.2. The van der Waals surface area contributed by atoms with E-state index in [-0.39, 0.29) is 5.92 Å². The summed E-state index contributed by atoms with van der Waals surface area (Å²) in [6.45, 7) is 2.84. The summed E-state index contributed by atoms with van der Waals surface area (Å²) in [7, 11) is -1.61. The number of hydrogen-bond acceptors (Lipinski definition) is 3. The normalized spacial score (nSPS) is 20.2. The van der Waals surface area contributed by atoms with Gasteiger partial charge in [-0.15, -0.1) is 0 Å². The molecule has 0 saturated carbocycles. The van der Waals surface area contributed by atoms with Gasteiger partial charge < -0.3 is 4.90 Å². The molecule has 1 aliphatic rings. The predicted molar refractivity (Wildman–Crippen MR) is 91.8 cm³/mol. The summed E-state index contributed by atoms with van der Waals surface area (Å²) < 4.78 is 62.7. The van der Waals surface area contributed by atoms with Crippen molar-refractivity contribution < 1.29 is 21.6 Å². The van der Waals surface area contributed by atoms with Crippen LogP contribution in [0.25, 0.3) is 0 Å². The van der Waals surface area contributed by atoms with Crippen LogP contribution in [0.15, 0.2) is 24.3 Å². The molecule has 2 rings (SSSR count). The van der Waals surface area contributed by atoms with Crippen molar-refractivity contribution in [1.29, 1.82) is 0 Å². The van der Waals surface area contributed by atoms with Crippen molar-refractivity contribution in [3.05, 3.63) is 35.4 Å². The van der Waals surface area contributed by atoms with Gasteiger partial charge in [-0.05, 0) is 43.4 Å². The van der Waals surface area contributed by atoms with Gasteiger partial charge in [-0.25, -0.2) is 12.7 Å². The van der Waals surface area contributed by atoms with Gasteiger partial charge in [-0.3, -0.25) is 0 Å². The number of benzene rings is 1. The molecule has 0 amide bonds. The Labute approximate surface area is 147 Å². The highest BCUT2D eigenvalue weighted by atomic mass is 32.2. The molecule has 0 spiro atoms. The third-order valence-corrected chi connectivity index (χ3v) is 5.94. The average Bonchev–Trinajstić information content (AvgIpc) is 2.52. The minimum Gasteiger partial charge on any atom is -0.303 e. The molecular formula is C17H25F3N2O2S. The summed E-state index contributed by atoms with van der Waals surface area (Å²) in [5.74, 6) is 0.259. The quantitative estimate of drug-likeness (QED) is 0.764. The van der Waals surface area contributed by atoms with Gasteiger partial charge in [0, 0.05) is 26.7 Å². The summed E-state index contributed by atoms with van der Waals surface area (Å²) in [5.41, 5.74) is 0.0569. The number of rotatable bonds is 6. The van der Waals surface area contributed by atoms with Crippen LogP contribution in [-0.2, 0) is 22.6 Å². The second-order valence-corrected chi connectivity index (χ2v) is 8.89. The largest absolute Gasteiger partial charge is 0.416 e. The molecule has 1 atom stereocenters. The van der Waals surface area contributed by atoms with Crippen molar-refractivity contribution in [2.45, 2.75) is 25.4 Å². The molecule has 1 aromatic rings. The fourth-order valence-corrected chi connectivity index (χ4v) is 3.67. The Morgan fingerprint density at radius 2 is 2.04 bits per heavy atom. The molecule has 0 radical (unpaired) electrons. The van der Waals surface area contributed by atoms with Crippen molar-refractivity contribution in [2.24, 2.45) is 5.92 Å². The van der Waals surface area contributed by atoms with Crippen LogP contribution >= 0.6 is 0 Å². The molecule has 1 aliphatic heterocycles. The Hall–Kier alpha value is -1.12. The lowest BCUT2D eigenvalue weighted by Gasteiger charge is -2.34. The van der Waals surface area contributed by atoms with E-state index in [4.69, 9.17) is 0 Å². The Bertz CT molecular complexity index is 677. The smallest absolute Gasteiger partial charge is 0.303 e. The Morgan fingerprint density at radius 1 is 1.32 bits per heavy atom. The Morgan fingerprint density at radius 3 is 2.68 bits per heavy atom. The summed E-state index contributed by atoms with van der Waals surface area (Å²) in [5, 5.41) is 0. The topological polar surface area (TPSA) is 40.6 Å². The third-order valence-electron chi connectivity index (χ3n) is 4.66. The van der Waals surface area contributed by atoms with E-state index < -0.39 is 21.8 Å². The number of hydrogen-bond donors (Lipinski definition) is 0. The van der Waals surface area contributed by atoms with Gasteiger partial charge in [0.2, 0.25) is 10.0 Å². The minimum atomic E-state index is -4.32. The van der Waals surface area contributed by atoms with Crippen molar-refractivity contribution >= 4 is 10.0 Å². The van der Waals surface area contributed by atoms with E-state index in [2.05, 4.69) is 4.90 Å². The number of piperidine rings is 1. The van der Waals surface area contributed by atoms with Gasteiger partial charge in [0.05, 0.1) is 11.8 Å². The van der Waals surface area contributed by atoms with Crippen LogP contribution < -0.4 is 0 Å². The zero-order valence-corrected chi connectivity index (χ0v) is 15.4. The van der Waals surface area contributed by atoms with Gasteiger partial charge in [-0.2, -0.15) is 13.2 Å². The molecule has 0 bridgehead atoms. The van der Waals surface area contributed by atoms with E-state index in [0.717, 1.165) is 32.0 Å². The van der Waals surface area contributed by atoms with Crippen LogP contribution in [0.5, 0.6) is 0 Å². The zero-order chi connectivity index (χ0) is 18.7. The molecular weight excluding hydrogens is 353 g/mol. The fourth-order valence-electron chi connectivity index (χ4n) is 3.19. The first-order chi connectivity index (χ1) is 11.6. The molecule has 0 N–H and O–H groups in total.